The molecule has 0 bridgehead atoms. The van der Waals surface area contributed by atoms with Gasteiger partial charge in [0.2, 0.25) is 0 Å². The highest BCUT2D eigenvalue weighted by atomic mass is 16.3. The molecule has 3 nitrogen and oxygen atoms in total. The van der Waals surface area contributed by atoms with Crippen LogP contribution in [-0.2, 0) is 4.79 Å². The summed E-state index contributed by atoms with van der Waals surface area (Å²) in [4.78, 5) is 14.8. The Bertz CT molecular complexity index is 824. The maximum absolute atomic E-state index is 14.8. The van der Waals surface area contributed by atoms with Gasteiger partial charge in [-0.25, -0.2) is 0 Å². The molecular formula is C30H50O3. The van der Waals surface area contributed by atoms with Crippen molar-refractivity contribution in [1.82, 2.24) is 0 Å². The number of carbonyl (C=O) groups is 1. The van der Waals surface area contributed by atoms with Gasteiger partial charge in [0.25, 0.3) is 0 Å². The van der Waals surface area contributed by atoms with Crippen LogP contribution >= 0.6 is 0 Å². The van der Waals surface area contributed by atoms with Gasteiger partial charge >= 0.3 is 0 Å². The molecule has 0 aromatic heterocycles. The van der Waals surface area contributed by atoms with E-state index in [4.69, 9.17) is 0 Å². The van der Waals surface area contributed by atoms with Crippen LogP contribution in [0.5, 0.6) is 0 Å². The first-order valence-electron chi connectivity index (χ1n) is 13.7. The smallest absolute Gasteiger partial charge is 0.148 e. The van der Waals surface area contributed by atoms with Crippen molar-refractivity contribution in [2.75, 3.05) is 0 Å². The van der Waals surface area contributed by atoms with Crippen molar-refractivity contribution in [1.29, 1.82) is 0 Å². The lowest BCUT2D eigenvalue weighted by molar-refractivity contribution is -0.186. The number of carbonyl (C=O) groups excluding carboxylic acids is 1. The third-order valence-corrected chi connectivity index (χ3v) is 12.4. The van der Waals surface area contributed by atoms with Crippen LogP contribution in [0.15, 0.2) is 11.6 Å². The van der Waals surface area contributed by atoms with E-state index >= 15 is 0 Å². The number of allylic oxidation sites excluding steroid dienone is 2. The van der Waals surface area contributed by atoms with E-state index in [0.29, 0.717) is 24.0 Å². The third kappa shape index (κ3) is 3.16. The second-order valence-electron chi connectivity index (χ2n) is 14.1. The maximum Gasteiger partial charge on any atom is 0.148 e. The summed E-state index contributed by atoms with van der Waals surface area (Å²) in [5, 5.41) is 22.5. The van der Waals surface area contributed by atoms with Crippen molar-refractivity contribution in [2.24, 2.45) is 44.8 Å². The van der Waals surface area contributed by atoms with Crippen LogP contribution < -0.4 is 0 Å². The summed E-state index contributed by atoms with van der Waals surface area (Å²) in [7, 11) is 0. The lowest BCUT2D eigenvalue weighted by atomic mass is 9.41. The minimum absolute atomic E-state index is 0.0115. The molecule has 33 heavy (non-hydrogen) atoms. The van der Waals surface area contributed by atoms with Crippen molar-refractivity contribution in [3.05, 3.63) is 11.6 Å². The molecule has 4 fully saturated rings. The molecule has 0 saturated heterocycles. The number of hydrogen-bond donors (Lipinski definition) is 2. The van der Waals surface area contributed by atoms with E-state index in [9.17, 15) is 15.0 Å². The minimum atomic E-state index is -0.649. The highest BCUT2D eigenvalue weighted by Gasteiger charge is 2.76. The minimum Gasteiger partial charge on any atom is -0.393 e. The second kappa shape index (κ2) is 7.92. The van der Waals surface area contributed by atoms with E-state index in [1.54, 1.807) is 0 Å². The summed E-state index contributed by atoms with van der Waals surface area (Å²) in [6.07, 6.45) is 9.91. The number of Topliss-reactive ketones (excluding diaryl/α,β-unsaturated/α-hetero) is 1. The zero-order valence-corrected chi connectivity index (χ0v) is 22.6. The molecule has 2 N–H and O–H groups in total. The Kier molecular flexibility index (Phi) is 6.10. The molecule has 4 aliphatic rings. The van der Waals surface area contributed by atoms with Gasteiger partial charge in [-0.2, -0.15) is 0 Å². The fraction of sp³-hybridized carbons (Fsp3) is 0.900. The molecule has 0 radical (unpaired) electrons. The Hall–Kier alpha value is -0.670. The largest absolute Gasteiger partial charge is 0.393 e. The summed E-state index contributed by atoms with van der Waals surface area (Å²) >= 11 is 0. The first-order valence-corrected chi connectivity index (χ1v) is 13.7. The molecule has 1 unspecified atom stereocenters. The topological polar surface area (TPSA) is 57.5 Å². The monoisotopic (exact) mass is 458 g/mol. The summed E-state index contributed by atoms with van der Waals surface area (Å²) in [5.41, 5.74) is -0.111. The van der Waals surface area contributed by atoms with Gasteiger partial charge in [-0.3, -0.25) is 4.79 Å². The fourth-order valence-electron chi connectivity index (χ4n) is 9.90. The van der Waals surface area contributed by atoms with E-state index in [0.717, 1.165) is 44.9 Å². The molecule has 0 aromatic carbocycles. The molecule has 1 spiro atoms. The number of fused-ring (bicyclic) bond motifs is 3. The van der Waals surface area contributed by atoms with Crippen LogP contribution in [-0.4, -0.2) is 28.2 Å². The Morgan fingerprint density at radius 3 is 2.27 bits per heavy atom. The van der Waals surface area contributed by atoms with Gasteiger partial charge in [-0.15, -0.1) is 0 Å². The van der Waals surface area contributed by atoms with Gasteiger partial charge in [0.05, 0.1) is 17.6 Å². The van der Waals surface area contributed by atoms with Crippen LogP contribution in [0.4, 0.5) is 0 Å². The third-order valence-electron chi connectivity index (χ3n) is 12.4. The summed E-state index contributed by atoms with van der Waals surface area (Å²) in [5.74, 6) is 1.73. The molecule has 4 saturated carbocycles. The molecule has 4 aliphatic carbocycles. The quantitative estimate of drug-likeness (QED) is 0.460. The fourth-order valence-corrected chi connectivity index (χ4v) is 9.90. The SMILES string of the molecule is CC(C)=CCC[C@@H](C)[C@@H]1CC[C@]2(C)C(=O)C3(CC[C@@]12C)[C@@H](O)C[C@H]1C(C)(C)[C@@H](O)CC[C@@]13C. The van der Waals surface area contributed by atoms with Crippen LogP contribution in [0.25, 0.3) is 0 Å². The van der Waals surface area contributed by atoms with Crippen molar-refractivity contribution < 1.29 is 15.0 Å². The van der Waals surface area contributed by atoms with Gasteiger partial charge in [-0.1, -0.05) is 53.2 Å². The molecule has 0 aliphatic heterocycles. The predicted octanol–water partition coefficient (Wildman–Crippen LogP) is 6.71. The Morgan fingerprint density at radius 1 is 0.970 bits per heavy atom. The van der Waals surface area contributed by atoms with Crippen LogP contribution in [0.3, 0.4) is 0 Å². The van der Waals surface area contributed by atoms with Crippen molar-refractivity contribution in [3.8, 4) is 0 Å². The summed E-state index contributed by atoms with van der Waals surface area (Å²) in [6.45, 7) is 18.0. The lowest BCUT2D eigenvalue weighted by Crippen LogP contribution is -2.64. The molecule has 9 atom stereocenters. The summed E-state index contributed by atoms with van der Waals surface area (Å²) in [6, 6.07) is 0. The average molecular weight is 459 g/mol. The molecule has 4 rings (SSSR count). The number of aliphatic hydroxyl groups is 2. The Balaban J connectivity index is 1.67. The molecule has 0 aromatic rings. The van der Waals surface area contributed by atoms with Crippen LogP contribution in [0.2, 0.25) is 0 Å². The number of aliphatic hydroxyl groups excluding tert-OH is 2. The number of rotatable bonds is 4. The van der Waals surface area contributed by atoms with E-state index in [1.165, 1.54) is 12.0 Å². The van der Waals surface area contributed by atoms with Gasteiger partial charge in [0.15, 0.2) is 0 Å². The molecular weight excluding hydrogens is 408 g/mol. The van der Waals surface area contributed by atoms with Gasteiger partial charge < -0.3 is 10.2 Å². The van der Waals surface area contributed by atoms with Crippen LogP contribution in [0.1, 0.15) is 113 Å². The van der Waals surface area contributed by atoms with Gasteiger partial charge in [0, 0.05) is 5.41 Å². The normalized spacial score (nSPS) is 49.6. The first-order chi connectivity index (χ1) is 15.2. The highest BCUT2D eigenvalue weighted by Crippen LogP contribution is 2.75. The lowest BCUT2D eigenvalue weighted by Gasteiger charge is -2.62. The highest BCUT2D eigenvalue weighted by molar-refractivity contribution is 5.94. The maximum atomic E-state index is 14.8. The van der Waals surface area contributed by atoms with E-state index in [2.05, 4.69) is 61.5 Å². The van der Waals surface area contributed by atoms with E-state index in [-0.39, 0.29) is 33.7 Å². The average Bonchev–Trinajstić information content (AvgIpc) is 3.13. The molecule has 0 heterocycles. The van der Waals surface area contributed by atoms with Crippen molar-refractivity contribution in [2.45, 2.75) is 125 Å². The first kappa shape index (κ1) is 25.4. The van der Waals surface area contributed by atoms with E-state index < -0.39 is 11.5 Å². The molecule has 0 amide bonds. The van der Waals surface area contributed by atoms with Crippen LogP contribution in [0, 0.1) is 44.8 Å². The molecule has 3 heteroatoms. The Labute approximate surface area is 202 Å². The number of hydrogen-bond acceptors (Lipinski definition) is 3. The van der Waals surface area contributed by atoms with Gasteiger partial charge in [-0.05, 0) is 106 Å². The zero-order chi connectivity index (χ0) is 24.6. The van der Waals surface area contributed by atoms with Crippen molar-refractivity contribution >= 4 is 5.78 Å². The second-order valence-corrected chi connectivity index (χ2v) is 14.1. The predicted molar refractivity (Wildman–Crippen MR) is 135 cm³/mol. The number of ketones is 1. The van der Waals surface area contributed by atoms with Crippen molar-refractivity contribution in [3.63, 3.8) is 0 Å². The standard InChI is InChI=1S/C30H50O3/c1-19(2)10-9-11-20(3)21-12-14-29(8)25(33)30(17-16-27(21,29)6)24(32)18-22-26(4,5)23(31)13-15-28(22,30)7/h10,20-24,31-32H,9,11-18H2,1-8H3/t20-,21+,22+,23+,24+,27+,28+,29-,30?/m1/s1. The Morgan fingerprint density at radius 2 is 1.64 bits per heavy atom. The molecule has 188 valence electrons. The van der Waals surface area contributed by atoms with Gasteiger partial charge in [0.1, 0.15) is 5.78 Å². The summed E-state index contributed by atoms with van der Waals surface area (Å²) < 4.78 is 0. The zero-order valence-electron chi connectivity index (χ0n) is 22.6. The van der Waals surface area contributed by atoms with E-state index in [1.807, 2.05) is 0 Å².